The summed E-state index contributed by atoms with van der Waals surface area (Å²) in [7, 11) is 0. The number of anilines is 1. The minimum atomic E-state index is -0.0988. The van der Waals surface area contributed by atoms with E-state index in [-0.39, 0.29) is 17.7 Å². The lowest BCUT2D eigenvalue weighted by Gasteiger charge is -2.30. The van der Waals surface area contributed by atoms with E-state index < -0.39 is 0 Å². The maximum atomic E-state index is 12.6. The molecular formula is C22H24N4O2S3. The predicted molar refractivity (Wildman–Crippen MR) is 127 cm³/mol. The Morgan fingerprint density at radius 1 is 1.10 bits per heavy atom. The third kappa shape index (κ3) is 6.15. The molecule has 162 valence electrons. The first kappa shape index (κ1) is 22.0. The SMILES string of the molecule is O=C(Nc1nnc(SCCCc2ccccc2)s1)C1CCN(C(=O)c2cccs2)CC1. The van der Waals surface area contributed by atoms with Gasteiger partial charge in [-0.3, -0.25) is 9.59 Å². The van der Waals surface area contributed by atoms with E-state index in [9.17, 15) is 9.59 Å². The van der Waals surface area contributed by atoms with Crippen LogP contribution in [0.25, 0.3) is 0 Å². The third-order valence-electron chi connectivity index (χ3n) is 5.20. The van der Waals surface area contributed by atoms with Gasteiger partial charge in [-0.1, -0.05) is 59.5 Å². The number of aryl methyl sites for hydroxylation is 1. The van der Waals surface area contributed by atoms with Crippen molar-refractivity contribution in [2.75, 3.05) is 24.2 Å². The van der Waals surface area contributed by atoms with E-state index >= 15 is 0 Å². The van der Waals surface area contributed by atoms with Crippen molar-refractivity contribution < 1.29 is 9.59 Å². The summed E-state index contributed by atoms with van der Waals surface area (Å²) >= 11 is 4.55. The summed E-state index contributed by atoms with van der Waals surface area (Å²) in [6, 6.07) is 14.2. The van der Waals surface area contributed by atoms with Gasteiger partial charge in [0.25, 0.3) is 5.91 Å². The van der Waals surface area contributed by atoms with Gasteiger partial charge in [-0.05, 0) is 42.7 Å². The zero-order valence-corrected chi connectivity index (χ0v) is 19.5. The second-order valence-corrected chi connectivity index (χ2v) is 10.6. The van der Waals surface area contributed by atoms with Crippen molar-refractivity contribution in [3.05, 3.63) is 58.3 Å². The number of benzene rings is 1. The molecule has 4 rings (SSSR count). The first-order chi connectivity index (χ1) is 15.2. The number of likely N-dealkylation sites (tertiary alicyclic amines) is 1. The molecule has 0 radical (unpaired) electrons. The summed E-state index contributed by atoms with van der Waals surface area (Å²) in [6.45, 7) is 1.21. The largest absolute Gasteiger partial charge is 0.338 e. The monoisotopic (exact) mass is 472 g/mol. The van der Waals surface area contributed by atoms with Crippen LogP contribution in [0.2, 0.25) is 0 Å². The van der Waals surface area contributed by atoms with Crippen molar-refractivity contribution in [2.45, 2.75) is 30.0 Å². The first-order valence-corrected chi connectivity index (χ1v) is 13.0. The van der Waals surface area contributed by atoms with Gasteiger partial charge in [-0.15, -0.1) is 21.5 Å². The van der Waals surface area contributed by atoms with Gasteiger partial charge in [-0.25, -0.2) is 0 Å². The molecule has 1 saturated heterocycles. The Morgan fingerprint density at radius 2 is 1.90 bits per heavy atom. The van der Waals surface area contributed by atoms with Crippen LogP contribution in [0.4, 0.5) is 5.13 Å². The molecule has 0 atom stereocenters. The Bertz CT molecular complexity index is 983. The molecule has 2 aromatic heterocycles. The van der Waals surface area contributed by atoms with E-state index in [4.69, 9.17) is 0 Å². The third-order valence-corrected chi connectivity index (χ3v) is 8.12. The number of nitrogens with zero attached hydrogens (tertiary/aromatic N) is 3. The van der Waals surface area contributed by atoms with Crippen molar-refractivity contribution in [3.63, 3.8) is 0 Å². The number of rotatable bonds is 8. The minimum Gasteiger partial charge on any atom is -0.338 e. The van der Waals surface area contributed by atoms with E-state index in [2.05, 4.69) is 39.8 Å². The minimum absolute atomic E-state index is 0.0278. The quantitative estimate of drug-likeness (QED) is 0.289. The fourth-order valence-corrected chi connectivity index (χ4v) is 5.96. The van der Waals surface area contributed by atoms with Gasteiger partial charge in [0.05, 0.1) is 4.88 Å². The summed E-state index contributed by atoms with van der Waals surface area (Å²) in [5.41, 5.74) is 1.34. The molecule has 1 aromatic carbocycles. The first-order valence-electron chi connectivity index (χ1n) is 10.3. The predicted octanol–water partition coefficient (Wildman–Crippen LogP) is 4.82. The lowest BCUT2D eigenvalue weighted by molar-refractivity contribution is -0.121. The van der Waals surface area contributed by atoms with Crippen molar-refractivity contribution in [1.29, 1.82) is 0 Å². The van der Waals surface area contributed by atoms with Gasteiger partial charge in [0.1, 0.15) is 0 Å². The molecule has 0 bridgehead atoms. The topological polar surface area (TPSA) is 75.2 Å². The average Bonchev–Trinajstić information content (AvgIpc) is 3.50. The molecule has 3 aromatic rings. The van der Waals surface area contributed by atoms with Gasteiger partial charge >= 0.3 is 0 Å². The molecule has 1 aliphatic heterocycles. The average molecular weight is 473 g/mol. The normalized spacial score (nSPS) is 14.5. The highest BCUT2D eigenvalue weighted by Gasteiger charge is 2.28. The summed E-state index contributed by atoms with van der Waals surface area (Å²) < 4.78 is 0.875. The van der Waals surface area contributed by atoms with E-state index in [0.717, 1.165) is 27.8 Å². The number of hydrogen-bond donors (Lipinski definition) is 1. The molecule has 1 fully saturated rings. The van der Waals surface area contributed by atoms with Crippen LogP contribution in [0.5, 0.6) is 0 Å². The van der Waals surface area contributed by atoms with Crippen molar-refractivity contribution in [3.8, 4) is 0 Å². The number of carbonyl (C=O) groups excluding carboxylic acids is 2. The van der Waals surface area contributed by atoms with Crippen LogP contribution in [0.3, 0.4) is 0 Å². The Kier molecular flexibility index (Phi) is 7.71. The van der Waals surface area contributed by atoms with Crippen LogP contribution in [-0.4, -0.2) is 45.8 Å². The second kappa shape index (κ2) is 10.9. The number of thioether (sulfide) groups is 1. The Hall–Kier alpha value is -2.23. The standard InChI is InChI=1S/C22H24N4O2S3/c27-19(17-10-12-26(13-11-17)20(28)18-9-5-14-29-18)23-21-24-25-22(31-21)30-15-4-8-16-6-2-1-3-7-16/h1-3,5-7,9,14,17H,4,8,10-13,15H2,(H,23,24,27). The maximum absolute atomic E-state index is 12.6. The van der Waals surface area contributed by atoms with Crippen LogP contribution in [-0.2, 0) is 11.2 Å². The van der Waals surface area contributed by atoms with Crippen molar-refractivity contribution >= 4 is 51.4 Å². The number of nitrogens with one attached hydrogen (secondary N) is 1. The second-order valence-electron chi connectivity index (χ2n) is 7.34. The number of amides is 2. The number of aromatic nitrogens is 2. The number of hydrogen-bond acceptors (Lipinski definition) is 7. The molecule has 1 aliphatic rings. The van der Waals surface area contributed by atoms with E-state index in [0.29, 0.717) is 31.1 Å². The molecule has 1 N–H and O–H groups in total. The molecule has 31 heavy (non-hydrogen) atoms. The molecule has 9 heteroatoms. The number of thiophene rings is 1. The lowest BCUT2D eigenvalue weighted by Crippen LogP contribution is -2.41. The van der Waals surface area contributed by atoms with Gasteiger partial charge in [0.15, 0.2) is 4.34 Å². The van der Waals surface area contributed by atoms with Crippen LogP contribution in [0, 0.1) is 5.92 Å². The molecular weight excluding hydrogens is 448 g/mol. The number of carbonyl (C=O) groups is 2. The summed E-state index contributed by atoms with van der Waals surface area (Å²) in [4.78, 5) is 27.6. The Balaban J connectivity index is 1.18. The molecule has 3 heterocycles. The van der Waals surface area contributed by atoms with Crippen LogP contribution in [0.1, 0.15) is 34.5 Å². The Labute approximate surface area is 194 Å². The Morgan fingerprint density at radius 3 is 2.65 bits per heavy atom. The van der Waals surface area contributed by atoms with Gasteiger partial charge < -0.3 is 10.2 Å². The smallest absolute Gasteiger partial charge is 0.263 e. The van der Waals surface area contributed by atoms with Crippen LogP contribution < -0.4 is 5.32 Å². The zero-order valence-electron chi connectivity index (χ0n) is 17.0. The van der Waals surface area contributed by atoms with Gasteiger partial charge in [0.2, 0.25) is 11.0 Å². The maximum Gasteiger partial charge on any atom is 0.263 e. The summed E-state index contributed by atoms with van der Waals surface area (Å²) in [5.74, 6) is 0.902. The highest BCUT2D eigenvalue weighted by atomic mass is 32.2. The fourth-order valence-electron chi connectivity index (χ4n) is 3.51. The van der Waals surface area contributed by atoms with E-state index in [1.165, 1.54) is 28.2 Å². The highest BCUT2D eigenvalue weighted by Crippen LogP contribution is 2.28. The molecule has 6 nitrogen and oxygen atoms in total. The lowest BCUT2D eigenvalue weighted by atomic mass is 9.96. The van der Waals surface area contributed by atoms with Crippen molar-refractivity contribution in [1.82, 2.24) is 15.1 Å². The van der Waals surface area contributed by atoms with Crippen LogP contribution >= 0.6 is 34.4 Å². The van der Waals surface area contributed by atoms with Crippen LogP contribution in [0.15, 0.2) is 52.2 Å². The summed E-state index contributed by atoms with van der Waals surface area (Å²) in [6.07, 6.45) is 3.45. The van der Waals surface area contributed by atoms with Crippen molar-refractivity contribution in [2.24, 2.45) is 5.92 Å². The van der Waals surface area contributed by atoms with Gasteiger partial charge in [-0.2, -0.15) is 0 Å². The molecule has 0 saturated carbocycles. The van der Waals surface area contributed by atoms with E-state index in [1.54, 1.807) is 11.8 Å². The fraction of sp³-hybridized carbons (Fsp3) is 0.364. The number of piperidine rings is 1. The molecule has 0 spiro atoms. The molecule has 0 aliphatic carbocycles. The molecule has 2 amide bonds. The van der Waals surface area contributed by atoms with E-state index in [1.807, 2.05) is 28.5 Å². The highest BCUT2D eigenvalue weighted by molar-refractivity contribution is 8.01. The summed E-state index contributed by atoms with van der Waals surface area (Å²) in [5, 5.41) is 13.7. The zero-order chi connectivity index (χ0) is 21.5. The molecule has 0 unspecified atom stereocenters. The van der Waals surface area contributed by atoms with Gasteiger partial charge in [0, 0.05) is 24.8 Å².